The van der Waals surface area contributed by atoms with Gasteiger partial charge >= 0.3 is 0 Å². The van der Waals surface area contributed by atoms with Gasteiger partial charge in [-0.3, -0.25) is 9.69 Å². The van der Waals surface area contributed by atoms with Crippen LogP contribution < -0.4 is 4.74 Å². The summed E-state index contributed by atoms with van der Waals surface area (Å²) in [6, 6.07) is 8.07. The van der Waals surface area contributed by atoms with Crippen LogP contribution in [0.25, 0.3) is 10.1 Å². The maximum absolute atomic E-state index is 13.0. The number of hydrogen-bond acceptors (Lipinski definition) is 4. The maximum atomic E-state index is 13.0. The second-order valence-corrected chi connectivity index (χ2v) is 8.81. The Bertz CT molecular complexity index is 771. The standard InChI is InChI=1S/C20H25NO2S/c1-20(2)16(13-6-8-21(20)9-7-13)12-17(22)19-11-14-10-15(23-3)4-5-18(14)24-19/h4-5,10-11,13,16H,6-9,12H2,1-3H3/t16-/m1/s1. The van der Waals surface area contributed by atoms with Gasteiger partial charge in [-0.2, -0.15) is 0 Å². The van der Waals surface area contributed by atoms with Crippen LogP contribution in [0.5, 0.6) is 5.75 Å². The van der Waals surface area contributed by atoms with Gasteiger partial charge in [0.15, 0.2) is 5.78 Å². The van der Waals surface area contributed by atoms with E-state index >= 15 is 0 Å². The Balaban J connectivity index is 1.58. The van der Waals surface area contributed by atoms with Gasteiger partial charge in [-0.1, -0.05) is 0 Å². The van der Waals surface area contributed by atoms with E-state index in [-0.39, 0.29) is 5.54 Å². The van der Waals surface area contributed by atoms with Crippen molar-refractivity contribution in [3.05, 3.63) is 29.1 Å². The summed E-state index contributed by atoms with van der Waals surface area (Å²) in [6.07, 6.45) is 3.19. The monoisotopic (exact) mass is 343 g/mol. The Labute approximate surface area is 147 Å². The van der Waals surface area contributed by atoms with Crippen molar-refractivity contribution < 1.29 is 9.53 Å². The summed E-state index contributed by atoms with van der Waals surface area (Å²) in [4.78, 5) is 16.4. The number of Topliss-reactive ketones (excluding diaryl/α,β-unsaturated/α-hetero) is 1. The van der Waals surface area contributed by atoms with E-state index in [0.29, 0.717) is 24.0 Å². The predicted octanol–water partition coefficient (Wildman–Crippen LogP) is 4.60. The molecule has 3 nitrogen and oxygen atoms in total. The molecule has 3 saturated heterocycles. The van der Waals surface area contributed by atoms with Gasteiger partial charge in [-0.15, -0.1) is 11.3 Å². The highest BCUT2D eigenvalue weighted by atomic mass is 32.1. The minimum Gasteiger partial charge on any atom is -0.497 e. The van der Waals surface area contributed by atoms with E-state index in [4.69, 9.17) is 4.74 Å². The van der Waals surface area contributed by atoms with Crippen LogP contribution in [0.15, 0.2) is 24.3 Å². The lowest BCUT2D eigenvalue weighted by molar-refractivity contribution is -0.0643. The molecule has 128 valence electrons. The predicted molar refractivity (Wildman–Crippen MR) is 99.2 cm³/mol. The molecule has 4 heterocycles. The third kappa shape index (κ3) is 2.56. The highest BCUT2D eigenvalue weighted by molar-refractivity contribution is 7.20. The van der Waals surface area contributed by atoms with E-state index in [1.807, 2.05) is 24.3 Å². The van der Waals surface area contributed by atoms with Gasteiger partial charge in [0.1, 0.15) is 5.75 Å². The minimum atomic E-state index is 0.150. The fraction of sp³-hybridized carbons (Fsp3) is 0.550. The van der Waals surface area contributed by atoms with Gasteiger partial charge in [0.05, 0.1) is 12.0 Å². The third-order valence-electron chi connectivity index (χ3n) is 6.23. The molecule has 3 aliphatic rings. The number of ketones is 1. The van der Waals surface area contributed by atoms with Crippen LogP contribution in [0, 0.1) is 11.8 Å². The summed E-state index contributed by atoms with van der Waals surface area (Å²) in [7, 11) is 1.68. The number of hydrogen-bond donors (Lipinski definition) is 0. The second-order valence-electron chi connectivity index (χ2n) is 7.73. The van der Waals surface area contributed by atoms with Crippen molar-refractivity contribution in [2.75, 3.05) is 20.2 Å². The van der Waals surface area contributed by atoms with Crippen LogP contribution in [0.3, 0.4) is 0 Å². The maximum Gasteiger partial charge on any atom is 0.173 e. The summed E-state index contributed by atoms with van der Waals surface area (Å²) < 4.78 is 6.45. The van der Waals surface area contributed by atoms with Crippen LogP contribution in [-0.2, 0) is 0 Å². The van der Waals surface area contributed by atoms with E-state index < -0.39 is 0 Å². The molecule has 1 aromatic carbocycles. The summed E-state index contributed by atoms with van der Waals surface area (Å²) in [5.74, 6) is 2.34. The molecule has 4 heteroatoms. The summed E-state index contributed by atoms with van der Waals surface area (Å²) in [6.45, 7) is 7.05. The van der Waals surface area contributed by atoms with Crippen LogP contribution in [0.4, 0.5) is 0 Å². The van der Waals surface area contributed by atoms with Gasteiger partial charge in [0.25, 0.3) is 0 Å². The van der Waals surface area contributed by atoms with E-state index in [1.165, 1.54) is 25.9 Å². The molecule has 0 unspecified atom stereocenters. The molecule has 3 fully saturated rings. The van der Waals surface area contributed by atoms with Crippen LogP contribution in [0.2, 0.25) is 0 Å². The summed E-state index contributed by atoms with van der Waals surface area (Å²) in [5.41, 5.74) is 0.150. The summed E-state index contributed by atoms with van der Waals surface area (Å²) >= 11 is 1.61. The van der Waals surface area contributed by atoms with Crippen molar-refractivity contribution in [1.29, 1.82) is 0 Å². The zero-order valence-corrected chi connectivity index (χ0v) is 15.5. The van der Waals surface area contributed by atoms with Crippen molar-refractivity contribution in [3.8, 4) is 5.75 Å². The molecule has 0 N–H and O–H groups in total. The molecule has 3 aliphatic heterocycles. The number of fused-ring (bicyclic) bond motifs is 4. The normalized spacial score (nSPS) is 28.2. The number of rotatable bonds is 4. The number of thiophene rings is 1. The minimum absolute atomic E-state index is 0.150. The first-order valence-electron chi connectivity index (χ1n) is 8.85. The van der Waals surface area contributed by atoms with Crippen molar-refractivity contribution in [2.45, 2.75) is 38.6 Å². The van der Waals surface area contributed by atoms with E-state index in [2.05, 4.69) is 18.7 Å². The number of benzene rings is 1. The average Bonchev–Trinajstić information content (AvgIpc) is 3.01. The van der Waals surface area contributed by atoms with Crippen molar-refractivity contribution in [3.63, 3.8) is 0 Å². The molecule has 0 radical (unpaired) electrons. The van der Waals surface area contributed by atoms with Gasteiger partial charge < -0.3 is 4.74 Å². The fourth-order valence-electron chi connectivity index (χ4n) is 4.69. The third-order valence-corrected chi connectivity index (χ3v) is 7.39. The van der Waals surface area contributed by atoms with Gasteiger partial charge in [0, 0.05) is 16.7 Å². The molecule has 2 bridgehead atoms. The molecule has 24 heavy (non-hydrogen) atoms. The largest absolute Gasteiger partial charge is 0.497 e. The number of carbonyl (C=O) groups is 1. The molecular formula is C20H25NO2S. The Hall–Kier alpha value is -1.39. The Morgan fingerprint density at radius 2 is 2.04 bits per heavy atom. The first-order chi connectivity index (χ1) is 11.5. The van der Waals surface area contributed by atoms with Crippen LogP contribution in [-0.4, -0.2) is 36.4 Å². The van der Waals surface area contributed by atoms with Gasteiger partial charge in [0.2, 0.25) is 0 Å². The number of methoxy groups -OCH3 is 1. The van der Waals surface area contributed by atoms with E-state index in [0.717, 1.165) is 20.7 Å². The topological polar surface area (TPSA) is 29.5 Å². The van der Waals surface area contributed by atoms with Crippen LogP contribution in [0.1, 0.15) is 42.8 Å². The zero-order chi connectivity index (χ0) is 16.9. The van der Waals surface area contributed by atoms with E-state index in [9.17, 15) is 4.79 Å². The van der Waals surface area contributed by atoms with Gasteiger partial charge in [-0.05, 0) is 81.3 Å². The average molecular weight is 343 g/mol. The molecule has 1 atom stereocenters. The lowest BCUT2D eigenvalue weighted by Crippen LogP contribution is -2.61. The SMILES string of the molecule is COc1ccc2sc(C(=O)C[C@@H]3C4CCN(CC4)C3(C)C)cc2c1. The van der Waals surface area contributed by atoms with Crippen molar-refractivity contribution >= 4 is 27.2 Å². The number of nitrogens with zero attached hydrogens (tertiary/aromatic N) is 1. The van der Waals surface area contributed by atoms with Crippen molar-refractivity contribution in [2.24, 2.45) is 11.8 Å². The van der Waals surface area contributed by atoms with Crippen LogP contribution >= 0.6 is 11.3 Å². The lowest BCUT2D eigenvalue weighted by atomic mass is 9.65. The number of piperidine rings is 3. The summed E-state index contributed by atoms with van der Waals surface area (Å²) in [5, 5.41) is 1.11. The molecule has 0 amide bonds. The molecule has 2 aromatic rings. The Morgan fingerprint density at radius 1 is 1.29 bits per heavy atom. The molecular weight excluding hydrogens is 318 g/mol. The highest BCUT2D eigenvalue weighted by Crippen LogP contribution is 2.46. The fourth-order valence-corrected chi connectivity index (χ4v) is 5.68. The smallest absolute Gasteiger partial charge is 0.173 e. The van der Waals surface area contributed by atoms with Gasteiger partial charge in [-0.25, -0.2) is 0 Å². The molecule has 1 aromatic heterocycles. The lowest BCUT2D eigenvalue weighted by Gasteiger charge is -2.56. The molecule has 0 spiro atoms. The quantitative estimate of drug-likeness (QED) is 0.760. The zero-order valence-electron chi connectivity index (χ0n) is 14.7. The Morgan fingerprint density at radius 3 is 2.71 bits per heavy atom. The number of ether oxygens (including phenoxy) is 1. The van der Waals surface area contributed by atoms with Crippen molar-refractivity contribution in [1.82, 2.24) is 4.90 Å². The molecule has 0 aliphatic carbocycles. The highest BCUT2D eigenvalue weighted by Gasteiger charge is 2.47. The first-order valence-corrected chi connectivity index (χ1v) is 9.66. The Kier molecular flexibility index (Phi) is 3.92. The first kappa shape index (κ1) is 16.1. The second kappa shape index (κ2) is 5.85. The molecule has 5 rings (SSSR count). The molecule has 0 saturated carbocycles. The van der Waals surface area contributed by atoms with E-state index in [1.54, 1.807) is 18.4 Å². The number of carbonyl (C=O) groups excluding carboxylic acids is 1.